The van der Waals surface area contributed by atoms with Crippen molar-refractivity contribution in [2.45, 2.75) is 25.9 Å². The van der Waals surface area contributed by atoms with Crippen LogP contribution in [-0.4, -0.2) is 28.8 Å². The van der Waals surface area contributed by atoms with Crippen molar-refractivity contribution >= 4 is 11.9 Å². The highest BCUT2D eigenvalue weighted by Crippen LogP contribution is 2.24. The number of hydrogen-bond acceptors (Lipinski definition) is 5. The van der Waals surface area contributed by atoms with E-state index in [2.05, 4.69) is 39.8 Å². The van der Waals surface area contributed by atoms with Crippen molar-refractivity contribution in [1.29, 1.82) is 0 Å². The van der Waals surface area contributed by atoms with Crippen LogP contribution in [0.25, 0.3) is 11.1 Å². The van der Waals surface area contributed by atoms with Gasteiger partial charge in [-0.3, -0.25) is 9.48 Å². The number of carbonyl (C=O) groups is 2. The van der Waals surface area contributed by atoms with Crippen LogP contribution in [0.15, 0.2) is 84.6 Å². The van der Waals surface area contributed by atoms with E-state index < -0.39 is 11.9 Å². The summed E-state index contributed by atoms with van der Waals surface area (Å²) in [5.41, 5.74) is 10.3. The Morgan fingerprint density at radius 2 is 1.97 bits per heavy atom. The standard InChI is InChI=1S/C26H28N6O3/c1-16(29-25(33)24-23(27)17(2)30-26(34)31-24)19-5-4-6-20(13-19)21-14-28-32(15-21)12-11-18-7-9-22(35-3)10-8-18/h4-10,13-16H,2,11-12,27H2,1,3H3,(H,29,33)(H2,30,31,34)/t16-/m1/s1. The smallest absolute Gasteiger partial charge is 0.323 e. The monoisotopic (exact) mass is 472 g/mol. The quantitative estimate of drug-likeness (QED) is 0.401. The number of nitrogens with zero attached hydrogens (tertiary/aromatic N) is 2. The van der Waals surface area contributed by atoms with E-state index in [9.17, 15) is 9.59 Å². The van der Waals surface area contributed by atoms with Gasteiger partial charge in [0.05, 0.1) is 30.7 Å². The SMILES string of the molecule is C=C1NC(=O)NC(C(=O)N[C@H](C)c2cccc(-c3cnn(CCc4ccc(OC)cc4)c3)c2)=C1N. The van der Waals surface area contributed by atoms with Gasteiger partial charge >= 0.3 is 6.03 Å². The van der Waals surface area contributed by atoms with Crippen molar-refractivity contribution in [3.63, 3.8) is 0 Å². The van der Waals surface area contributed by atoms with Gasteiger partial charge in [0.25, 0.3) is 5.91 Å². The van der Waals surface area contributed by atoms with Crippen LogP contribution in [0.1, 0.15) is 24.1 Å². The van der Waals surface area contributed by atoms with Crippen LogP contribution in [-0.2, 0) is 17.8 Å². The van der Waals surface area contributed by atoms with Crippen LogP contribution in [0.3, 0.4) is 0 Å². The van der Waals surface area contributed by atoms with E-state index in [-0.39, 0.29) is 23.1 Å². The van der Waals surface area contributed by atoms with Crippen molar-refractivity contribution in [2.24, 2.45) is 5.73 Å². The molecule has 0 aliphatic carbocycles. The van der Waals surface area contributed by atoms with E-state index in [0.29, 0.717) is 0 Å². The molecule has 2 aromatic carbocycles. The minimum Gasteiger partial charge on any atom is -0.497 e. The molecule has 9 nitrogen and oxygen atoms in total. The van der Waals surface area contributed by atoms with E-state index in [1.165, 1.54) is 5.56 Å². The Balaban J connectivity index is 1.42. The Kier molecular flexibility index (Phi) is 6.86. The van der Waals surface area contributed by atoms with Gasteiger partial charge in [0.2, 0.25) is 0 Å². The molecule has 0 saturated carbocycles. The maximum Gasteiger partial charge on any atom is 0.323 e. The molecule has 0 unspecified atom stereocenters. The first-order valence-corrected chi connectivity index (χ1v) is 11.2. The number of methoxy groups -OCH3 is 1. The minimum absolute atomic E-state index is 0.0140. The number of benzene rings is 2. The molecule has 4 rings (SSSR count). The number of carbonyl (C=O) groups excluding carboxylic acids is 2. The maximum atomic E-state index is 12.7. The molecule has 0 fully saturated rings. The highest BCUT2D eigenvalue weighted by atomic mass is 16.5. The van der Waals surface area contributed by atoms with Crippen molar-refractivity contribution in [3.05, 3.63) is 95.7 Å². The Morgan fingerprint density at radius 1 is 1.20 bits per heavy atom. The largest absolute Gasteiger partial charge is 0.497 e. The minimum atomic E-state index is -0.548. The number of aromatic nitrogens is 2. The number of urea groups is 1. The molecule has 9 heteroatoms. The van der Waals surface area contributed by atoms with E-state index in [4.69, 9.17) is 10.5 Å². The summed E-state index contributed by atoms with van der Waals surface area (Å²) < 4.78 is 7.12. The fourth-order valence-corrected chi connectivity index (χ4v) is 3.76. The van der Waals surface area contributed by atoms with E-state index in [1.807, 2.05) is 60.4 Å². The molecule has 35 heavy (non-hydrogen) atoms. The summed E-state index contributed by atoms with van der Waals surface area (Å²) in [5.74, 6) is 0.356. The third kappa shape index (κ3) is 5.52. The number of aryl methyl sites for hydroxylation is 2. The highest BCUT2D eigenvalue weighted by Gasteiger charge is 2.25. The highest BCUT2D eigenvalue weighted by molar-refractivity contribution is 6.00. The van der Waals surface area contributed by atoms with E-state index in [0.717, 1.165) is 35.4 Å². The Hall–Kier alpha value is -4.53. The second-order valence-corrected chi connectivity index (χ2v) is 8.26. The molecule has 5 N–H and O–H groups in total. The van der Waals surface area contributed by atoms with Gasteiger partial charge < -0.3 is 26.4 Å². The topological polar surface area (TPSA) is 123 Å². The lowest BCUT2D eigenvalue weighted by molar-refractivity contribution is -0.118. The second-order valence-electron chi connectivity index (χ2n) is 8.26. The van der Waals surface area contributed by atoms with Crippen molar-refractivity contribution in [1.82, 2.24) is 25.7 Å². The average molecular weight is 473 g/mol. The van der Waals surface area contributed by atoms with Gasteiger partial charge in [0.1, 0.15) is 11.4 Å². The number of rotatable bonds is 8. The molecule has 0 radical (unpaired) electrons. The van der Waals surface area contributed by atoms with Gasteiger partial charge in [-0.2, -0.15) is 5.10 Å². The first-order chi connectivity index (χ1) is 16.8. The average Bonchev–Trinajstić information content (AvgIpc) is 3.34. The molecule has 180 valence electrons. The summed E-state index contributed by atoms with van der Waals surface area (Å²) in [4.78, 5) is 24.4. The van der Waals surface area contributed by atoms with E-state index >= 15 is 0 Å². The predicted octanol–water partition coefficient (Wildman–Crippen LogP) is 2.98. The number of nitrogens with one attached hydrogen (secondary N) is 3. The number of amides is 3. The molecule has 2 heterocycles. The van der Waals surface area contributed by atoms with Gasteiger partial charge in [0.15, 0.2) is 0 Å². The molecule has 0 spiro atoms. The number of hydrogen-bond donors (Lipinski definition) is 4. The normalized spacial score (nSPS) is 14.2. The van der Waals surface area contributed by atoms with Gasteiger partial charge in [-0.15, -0.1) is 0 Å². The van der Waals surface area contributed by atoms with Gasteiger partial charge in [-0.1, -0.05) is 36.9 Å². The van der Waals surface area contributed by atoms with Gasteiger partial charge in [-0.25, -0.2) is 4.79 Å². The summed E-state index contributed by atoms with van der Waals surface area (Å²) in [6.07, 6.45) is 4.69. The summed E-state index contributed by atoms with van der Waals surface area (Å²) in [6, 6.07) is 15.0. The van der Waals surface area contributed by atoms with Crippen LogP contribution in [0.2, 0.25) is 0 Å². The zero-order chi connectivity index (χ0) is 24.9. The number of ether oxygens (including phenoxy) is 1. The van der Waals surface area contributed by atoms with Crippen LogP contribution in [0.5, 0.6) is 5.75 Å². The third-order valence-corrected chi connectivity index (χ3v) is 5.81. The summed E-state index contributed by atoms with van der Waals surface area (Å²) in [5, 5.41) is 12.2. The molecule has 1 aliphatic rings. The van der Waals surface area contributed by atoms with E-state index in [1.54, 1.807) is 7.11 Å². The lowest BCUT2D eigenvalue weighted by atomic mass is 10.0. The van der Waals surface area contributed by atoms with Crippen molar-refractivity contribution < 1.29 is 14.3 Å². The first kappa shape index (κ1) is 23.6. The predicted molar refractivity (Wildman–Crippen MR) is 133 cm³/mol. The summed E-state index contributed by atoms with van der Waals surface area (Å²) in [6.45, 7) is 6.27. The molecule has 0 bridgehead atoms. The number of nitrogens with two attached hydrogens (primary N) is 1. The maximum absolute atomic E-state index is 12.7. The molecule has 0 saturated heterocycles. The molecular formula is C26H28N6O3. The van der Waals surface area contributed by atoms with Crippen LogP contribution >= 0.6 is 0 Å². The van der Waals surface area contributed by atoms with Crippen molar-refractivity contribution in [2.75, 3.05) is 7.11 Å². The molecule has 3 aromatic rings. The lowest BCUT2D eigenvalue weighted by Crippen LogP contribution is -2.47. The molecular weight excluding hydrogens is 444 g/mol. The van der Waals surface area contributed by atoms with Crippen molar-refractivity contribution in [3.8, 4) is 16.9 Å². The fourth-order valence-electron chi connectivity index (χ4n) is 3.76. The van der Waals surface area contributed by atoms with Crippen LogP contribution in [0, 0.1) is 0 Å². The first-order valence-electron chi connectivity index (χ1n) is 11.2. The Labute approximate surface area is 203 Å². The molecule has 1 aromatic heterocycles. The fraction of sp³-hybridized carbons (Fsp3) is 0.192. The zero-order valence-electron chi connectivity index (χ0n) is 19.7. The molecule has 1 atom stereocenters. The summed E-state index contributed by atoms with van der Waals surface area (Å²) in [7, 11) is 1.66. The van der Waals surface area contributed by atoms with Gasteiger partial charge in [0, 0.05) is 18.3 Å². The molecule has 1 aliphatic heterocycles. The van der Waals surface area contributed by atoms with Crippen LogP contribution < -0.4 is 26.4 Å². The third-order valence-electron chi connectivity index (χ3n) is 5.81. The summed E-state index contributed by atoms with van der Waals surface area (Å²) >= 11 is 0. The zero-order valence-corrected chi connectivity index (χ0v) is 19.7. The molecule has 3 amide bonds. The Bertz CT molecular complexity index is 1290. The van der Waals surface area contributed by atoms with Crippen LogP contribution in [0.4, 0.5) is 4.79 Å². The Morgan fingerprint density at radius 3 is 2.71 bits per heavy atom. The lowest BCUT2D eigenvalue weighted by Gasteiger charge is -2.22. The van der Waals surface area contributed by atoms with Gasteiger partial charge in [-0.05, 0) is 48.2 Å². The second kappa shape index (κ2) is 10.2.